The topological polar surface area (TPSA) is 35.6 Å². The van der Waals surface area contributed by atoms with Gasteiger partial charge in [0.05, 0.1) is 0 Å². The lowest BCUT2D eigenvalue weighted by molar-refractivity contribution is -0.135. The molecule has 1 unspecified atom stereocenters. The van der Waals surface area contributed by atoms with Crippen LogP contribution in [-0.4, -0.2) is 55.0 Å². The van der Waals surface area contributed by atoms with Crippen molar-refractivity contribution in [2.45, 2.75) is 25.8 Å². The first-order valence-corrected chi connectivity index (χ1v) is 9.62. The summed E-state index contributed by atoms with van der Waals surface area (Å²) in [7, 11) is 0. The molecule has 4 nitrogen and oxygen atoms in total. The van der Waals surface area contributed by atoms with E-state index in [-0.39, 0.29) is 36.5 Å². The second-order valence-electron chi connectivity index (χ2n) is 7.67. The second kappa shape index (κ2) is 9.27. The number of halogens is 4. The molecule has 1 N–H and O–H groups in total. The lowest BCUT2D eigenvalue weighted by atomic mass is 9.91. The van der Waals surface area contributed by atoms with Crippen molar-refractivity contribution < 1.29 is 9.18 Å². The van der Waals surface area contributed by atoms with Gasteiger partial charge in [0.25, 0.3) is 0 Å². The number of benzene rings is 1. The van der Waals surface area contributed by atoms with Crippen molar-refractivity contribution in [1.29, 1.82) is 0 Å². The number of nitrogens with zero attached hydrogens (tertiary/aromatic N) is 2. The minimum Gasteiger partial charge on any atom is -0.340 e. The van der Waals surface area contributed by atoms with Crippen LogP contribution < -0.4 is 5.32 Å². The van der Waals surface area contributed by atoms with Crippen molar-refractivity contribution in [3.05, 3.63) is 34.6 Å². The smallest absolute Gasteiger partial charge is 0.226 e. The fourth-order valence-electron chi connectivity index (χ4n) is 4.43. The van der Waals surface area contributed by atoms with E-state index in [9.17, 15) is 9.18 Å². The highest BCUT2D eigenvalue weighted by Crippen LogP contribution is 2.59. The fraction of sp³-hybridized carbons (Fsp3) is 0.632. The first-order chi connectivity index (χ1) is 12.1. The van der Waals surface area contributed by atoms with Crippen LogP contribution in [0.2, 0.25) is 5.02 Å². The van der Waals surface area contributed by atoms with Gasteiger partial charge in [0.15, 0.2) is 0 Å². The number of hydrogen-bond donors (Lipinski definition) is 1. The first-order valence-electron chi connectivity index (χ1n) is 9.24. The molecule has 1 spiro atoms. The molecule has 1 aromatic rings. The van der Waals surface area contributed by atoms with Crippen molar-refractivity contribution in [1.82, 2.24) is 15.1 Å². The van der Waals surface area contributed by atoms with Crippen LogP contribution in [0, 0.1) is 17.2 Å². The summed E-state index contributed by atoms with van der Waals surface area (Å²) in [5.41, 5.74) is 0.847. The van der Waals surface area contributed by atoms with Gasteiger partial charge in [-0.05, 0) is 49.9 Å². The highest BCUT2D eigenvalue weighted by molar-refractivity contribution is 6.31. The van der Waals surface area contributed by atoms with E-state index < -0.39 is 0 Å². The number of carbonyl (C=O) groups excluding carboxylic acids is 1. The van der Waals surface area contributed by atoms with Crippen LogP contribution in [0.4, 0.5) is 4.39 Å². The van der Waals surface area contributed by atoms with Crippen molar-refractivity contribution in [2.75, 3.05) is 39.3 Å². The van der Waals surface area contributed by atoms with E-state index in [4.69, 9.17) is 11.6 Å². The molecule has 1 saturated carbocycles. The maximum atomic E-state index is 13.9. The Morgan fingerprint density at radius 2 is 1.85 bits per heavy atom. The van der Waals surface area contributed by atoms with Crippen LogP contribution in [0.25, 0.3) is 0 Å². The summed E-state index contributed by atoms with van der Waals surface area (Å²) < 4.78 is 13.9. The Kier molecular flexibility index (Phi) is 7.79. The van der Waals surface area contributed by atoms with E-state index in [0.717, 1.165) is 58.5 Å². The number of carbonyl (C=O) groups is 1. The molecule has 3 aliphatic rings. The molecular formula is C19H27Cl3FN3O. The van der Waals surface area contributed by atoms with E-state index >= 15 is 0 Å². The monoisotopic (exact) mass is 437 g/mol. The normalized spacial score (nSPS) is 24.1. The number of piperidine rings is 1. The second-order valence-corrected chi connectivity index (χ2v) is 8.08. The van der Waals surface area contributed by atoms with Gasteiger partial charge in [-0.1, -0.05) is 17.7 Å². The molecule has 0 bridgehead atoms. The molecular weight excluding hydrogens is 412 g/mol. The summed E-state index contributed by atoms with van der Waals surface area (Å²) in [5, 5.41) is 3.86. The third kappa shape index (κ3) is 4.70. The van der Waals surface area contributed by atoms with Gasteiger partial charge in [0, 0.05) is 49.2 Å². The van der Waals surface area contributed by atoms with E-state index in [1.807, 2.05) is 4.90 Å². The Morgan fingerprint density at radius 3 is 2.48 bits per heavy atom. The third-order valence-corrected chi connectivity index (χ3v) is 6.57. The first kappa shape index (κ1) is 22.7. The Morgan fingerprint density at radius 1 is 1.19 bits per heavy atom. The molecule has 0 aromatic heterocycles. The molecule has 1 aromatic carbocycles. The number of piperazine rings is 1. The molecule has 3 fully saturated rings. The van der Waals surface area contributed by atoms with Gasteiger partial charge in [0.2, 0.25) is 5.91 Å². The van der Waals surface area contributed by atoms with Gasteiger partial charge >= 0.3 is 0 Å². The highest BCUT2D eigenvalue weighted by atomic mass is 35.5. The highest BCUT2D eigenvalue weighted by Gasteiger charge is 2.58. The predicted octanol–water partition coefficient (Wildman–Crippen LogP) is 3.36. The quantitative estimate of drug-likeness (QED) is 0.786. The standard InChI is InChI=1S/C19H25ClFN3O.2ClH/c20-16-2-1-3-17(21)14(16)13-23-8-10-24(11-9-23)18(25)15-12-19(15)4-6-22-7-5-19;;/h1-3,15,22H,4-13H2;2*1H. The minimum absolute atomic E-state index is 0. The fourth-order valence-corrected chi connectivity index (χ4v) is 4.65. The van der Waals surface area contributed by atoms with Gasteiger partial charge in [-0.2, -0.15) is 0 Å². The molecule has 27 heavy (non-hydrogen) atoms. The van der Waals surface area contributed by atoms with Crippen LogP contribution in [0.1, 0.15) is 24.8 Å². The predicted molar refractivity (Wildman–Crippen MR) is 110 cm³/mol. The zero-order valence-corrected chi connectivity index (χ0v) is 17.6. The number of nitrogens with one attached hydrogen (secondary N) is 1. The zero-order valence-electron chi connectivity index (χ0n) is 15.3. The molecule has 1 amide bonds. The molecule has 2 saturated heterocycles. The Bertz CT molecular complexity index is 641. The zero-order chi connectivity index (χ0) is 17.4. The molecule has 1 aliphatic carbocycles. The number of amides is 1. The van der Waals surface area contributed by atoms with Crippen LogP contribution in [0.5, 0.6) is 0 Å². The Hall–Kier alpha value is -0.590. The third-order valence-electron chi connectivity index (χ3n) is 6.21. The lowest BCUT2D eigenvalue weighted by Crippen LogP contribution is -2.49. The maximum absolute atomic E-state index is 13.9. The Balaban J connectivity index is 0.00000131. The summed E-state index contributed by atoms with van der Waals surface area (Å²) in [5.74, 6) is 0.324. The van der Waals surface area contributed by atoms with Crippen molar-refractivity contribution in [3.8, 4) is 0 Å². The minimum atomic E-state index is -0.253. The summed E-state index contributed by atoms with van der Waals surface area (Å²) in [4.78, 5) is 17.0. The largest absolute Gasteiger partial charge is 0.340 e. The van der Waals surface area contributed by atoms with Gasteiger partial charge in [-0.25, -0.2) is 4.39 Å². The molecule has 8 heteroatoms. The Labute approximate surface area is 177 Å². The maximum Gasteiger partial charge on any atom is 0.226 e. The van der Waals surface area contributed by atoms with Gasteiger partial charge in [0.1, 0.15) is 5.82 Å². The van der Waals surface area contributed by atoms with Gasteiger partial charge in [-0.15, -0.1) is 24.8 Å². The van der Waals surface area contributed by atoms with E-state index in [1.165, 1.54) is 6.07 Å². The van der Waals surface area contributed by atoms with Crippen LogP contribution in [-0.2, 0) is 11.3 Å². The van der Waals surface area contributed by atoms with E-state index in [0.29, 0.717) is 28.5 Å². The lowest BCUT2D eigenvalue weighted by Gasteiger charge is -2.35. The summed E-state index contributed by atoms with van der Waals surface area (Å²) in [6, 6.07) is 4.81. The average molecular weight is 439 g/mol. The summed E-state index contributed by atoms with van der Waals surface area (Å²) in [6.07, 6.45) is 3.34. The molecule has 4 rings (SSSR count). The van der Waals surface area contributed by atoms with Crippen LogP contribution >= 0.6 is 36.4 Å². The average Bonchev–Trinajstić information content (AvgIpc) is 3.31. The van der Waals surface area contributed by atoms with Crippen molar-refractivity contribution in [3.63, 3.8) is 0 Å². The summed E-state index contributed by atoms with van der Waals surface area (Å²) in [6.45, 7) is 5.61. The SMILES string of the molecule is Cl.Cl.O=C(C1CC12CCNCC2)N1CCN(Cc2c(F)cccc2Cl)CC1. The molecule has 152 valence electrons. The molecule has 1 atom stereocenters. The van der Waals surface area contributed by atoms with E-state index in [2.05, 4.69) is 10.2 Å². The van der Waals surface area contributed by atoms with Gasteiger partial charge in [-0.3, -0.25) is 9.69 Å². The molecule has 0 radical (unpaired) electrons. The summed E-state index contributed by atoms with van der Waals surface area (Å²) >= 11 is 6.12. The number of rotatable bonds is 3. The van der Waals surface area contributed by atoms with Crippen molar-refractivity contribution >= 4 is 42.3 Å². The van der Waals surface area contributed by atoms with Crippen molar-refractivity contribution in [2.24, 2.45) is 11.3 Å². The van der Waals surface area contributed by atoms with Gasteiger partial charge < -0.3 is 10.2 Å². The molecule has 2 aliphatic heterocycles. The van der Waals surface area contributed by atoms with E-state index in [1.54, 1.807) is 12.1 Å². The van der Waals surface area contributed by atoms with Crippen LogP contribution in [0.15, 0.2) is 18.2 Å². The van der Waals surface area contributed by atoms with Crippen LogP contribution in [0.3, 0.4) is 0 Å². The number of hydrogen-bond acceptors (Lipinski definition) is 3. The molecule has 2 heterocycles.